The summed E-state index contributed by atoms with van der Waals surface area (Å²) in [6, 6.07) is 4.63. The van der Waals surface area contributed by atoms with Crippen LogP contribution in [0.25, 0.3) is 0 Å². The van der Waals surface area contributed by atoms with E-state index in [1.807, 2.05) is 6.92 Å². The maximum Gasteiger partial charge on any atom is 0.191 e. The molecule has 0 radical (unpaired) electrons. The highest BCUT2D eigenvalue weighted by Crippen LogP contribution is 2.14. The third-order valence-corrected chi connectivity index (χ3v) is 4.78. The van der Waals surface area contributed by atoms with E-state index >= 15 is 0 Å². The molecule has 1 atom stereocenters. The molecular formula is C20H33F2IN4O. The van der Waals surface area contributed by atoms with Crippen molar-refractivity contribution in [2.75, 3.05) is 45.9 Å². The van der Waals surface area contributed by atoms with Crippen molar-refractivity contribution in [1.82, 2.24) is 15.5 Å². The molecule has 0 amide bonds. The molecule has 1 fully saturated rings. The van der Waals surface area contributed by atoms with Crippen LogP contribution in [0.15, 0.2) is 23.2 Å². The summed E-state index contributed by atoms with van der Waals surface area (Å²) in [5, 5.41) is 6.44. The number of nitrogens with one attached hydrogen (secondary N) is 2. The molecule has 8 heteroatoms. The fraction of sp³-hybridized carbons (Fsp3) is 0.650. The standard InChI is InChI=1S/C20H32F2N4O.HI/c1-4-23-20(24-9-8-16-6-5-7-17(21)19(16)22)25-14-18(15(2)3)26-10-12-27-13-11-26;/h5-7,15,18H,4,8-14H2,1-3H3,(H2,23,24,25);1H. The Kier molecular flexibility index (Phi) is 11.9. The zero-order chi connectivity index (χ0) is 19.6. The summed E-state index contributed by atoms with van der Waals surface area (Å²) in [7, 11) is 0. The number of nitrogens with zero attached hydrogens (tertiary/aromatic N) is 2. The van der Waals surface area contributed by atoms with Gasteiger partial charge in [0.15, 0.2) is 17.6 Å². The lowest BCUT2D eigenvalue weighted by atomic mass is 10.0. The molecule has 1 unspecified atom stereocenters. The predicted octanol–water partition coefficient (Wildman–Crippen LogP) is 3.04. The van der Waals surface area contributed by atoms with Crippen molar-refractivity contribution in [2.45, 2.75) is 33.2 Å². The number of hydrogen-bond acceptors (Lipinski definition) is 3. The van der Waals surface area contributed by atoms with Crippen LogP contribution in [0.2, 0.25) is 0 Å². The molecule has 2 N–H and O–H groups in total. The summed E-state index contributed by atoms with van der Waals surface area (Å²) in [5.74, 6) is -0.392. The summed E-state index contributed by atoms with van der Waals surface area (Å²) < 4.78 is 32.5. The second kappa shape index (κ2) is 13.3. The summed E-state index contributed by atoms with van der Waals surface area (Å²) in [4.78, 5) is 7.16. The molecule has 28 heavy (non-hydrogen) atoms. The second-order valence-electron chi connectivity index (χ2n) is 7.07. The van der Waals surface area contributed by atoms with Crippen LogP contribution >= 0.6 is 24.0 Å². The number of halogens is 3. The predicted molar refractivity (Wildman–Crippen MR) is 120 cm³/mol. The van der Waals surface area contributed by atoms with Crippen molar-refractivity contribution in [2.24, 2.45) is 10.9 Å². The first-order valence-electron chi connectivity index (χ1n) is 9.79. The van der Waals surface area contributed by atoms with Gasteiger partial charge in [-0.15, -0.1) is 24.0 Å². The lowest BCUT2D eigenvalue weighted by Crippen LogP contribution is -2.48. The molecule has 0 spiro atoms. The summed E-state index contributed by atoms with van der Waals surface area (Å²) in [5.41, 5.74) is 0.367. The molecule has 0 bridgehead atoms. The molecule has 1 aliphatic heterocycles. The third kappa shape index (κ3) is 7.79. The van der Waals surface area contributed by atoms with E-state index < -0.39 is 11.6 Å². The van der Waals surface area contributed by atoms with Gasteiger partial charge in [-0.3, -0.25) is 9.89 Å². The zero-order valence-electron chi connectivity index (χ0n) is 17.0. The molecular weight excluding hydrogens is 477 g/mol. The molecule has 1 aromatic carbocycles. The molecule has 2 rings (SSSR count). The number of rotatable bonds is 8. The largest absolute Gasteiger partial charge is 0.379 e. The number of aliphatic imine (C=N–C) groups is 1. The molecule has 0 saturated carbocycles. The van der Waals surface area contributed by atoms with Gasteiger partial charge in [0.2, 0.25) is 0 Å². The SMILES string of the molecule is CCNC(=NCC(C(C)C)N1CCOCC1)NCCc1cccc(F)c1F.I. The van der Waals surface area contributed by atoms with Gasteiger partial charge in [0.1, 0.15) is 0 Å². The Labute approximate surface area is 184 Å². The summed E-state index contributed by atoms with van der Waals surface area (Å²) >= 11 is 0. The number of guanidine groups is 1. The average Bonchev–Trinajstić information content (AvgIpc) is 2.66. The van der Waals surface area contributed by atoms with E-state index in [0.717, 1.165) is 38.9 Å². The minimum atomic E-state index is -0.807. The first-order valence-corrected chi connectivity index (χ1v) is 9.79. The van der Waals surface area contributed by atoms with Crippen LogP contribution in [0.5, 0.6) is 0 Å². The Bertz CT molecular complexity index is 610. The van der Waals surface area contributed by atoms with E-state index in [0.29, 0.717) is 43.0 Å². The van der Waals surface area contributed by atoms with Crippen molar-refractivity contribution in [3.05, 3.63) is 35.4 Å². The van der Waals surface area contributed by atoms with Crippen LogP contribution in [0.4, 0.5) is 8.78 Å². The Morgan fingerprint density at radius 3 is 2.57 bits per heavy atom. The molecule has 1 saturated heterocycles. The van der Waals surface area contributed by atoms with Gasteiger partial charge in [0, 0.05) is 32.2 Å². The van der Waals surface area contributed by atoms with E-state index in [4.69, 9.17) is 9.73 Å². The lowest BCUT2D eigenvalue weighted by molar-refractivity contribution is 0.00867. The number of hydrogen-bond donors (Lipinski definition) is 2. The Morgan fingerprint density at radius 1 is 1.21 bits per heavy atom. The van der Waals surface area contributed by atoms with Crippen LogP contribution in [-0.2, 0) is 11.2 Å². The number of morpholine rings is 1. The fourth-order valence-electron chi connectivity index (χ4n) is 3.24. The van der Waals surface area contributed by atoms with Gasteiger partial charge in [0.25, 0.3) is 0 Å². The summed E-state index contributed by atoms with van der Waals surface area (Å²) in [6.45, 7) is 11.7. The van der Waals surface area contributed by atoms with E-state index in [1.54, 1.807) is 6.07 Å². The van der Waals surface area contributed by atoms with Crippen LogP contribution in [0.1, 0.15) is 26.3 Å². The third-order valence-electron chi connectivity index (χ3n) is 4.78. The van der Waals surface area contributed by atoms with Gasteiger partial charge in [-0.1, -0.05) is 26.0 Å². The molecule has 1 heterocycles. The van der Waals surface area contributed by atoms with Crippen molar-refractivity contribution < 1.29 is 13.5 Å². The number of benzene rings is 1. The molecule has 0 aromatic heterocycles. The van der Waals surface area contributed by atoms with Crippen molar-refractivity contribution in [3.63, 3.8) is 0 Å². The first kappa shape index (κ1) is 25.0. The smallest absolute Gasteiger partial charge is 0.191 e. The normalized spacial score (nSPS) is 16.6. The van der Waals surface area contributed by atoms with Crippen LogP contribution in [-0.4, -0.2) is 62.8 Å². The fourth-order valence-corrected chi connectivity index (χ4v) is 3.24. The lowest BCUT2D eigenvalue weighted by Gasteiger charge is -2.36. The molecule has 5 nitrogen and oxygen atoms in total. The molecule has 0 aliphatic carbocycles. The Hall–Kier alpha value is -1.00. The van der Waals surface area contributed by atoms with E-state index in [2.05, 4.69) is 29.4 Å². The molecule has 1 aromatic rings. The Balaban J connectivity index is 0.00000392. The quantitative estimate of drug-likeness (QED) is 0.321. The minimum Gasteiger partial charge on any atom is -0.379 e. The van der Waals surface area contributed by atoms with Crippen LogP contribution in [0.3, 0.4) is 0 Å². The van der Waals surface area contributed by atoms with Crippen molar-refractivity contribution in [3.8, 4) is 0 Å². The van der Waals surface area contributed by atoms with Gasteiger partial charge < -0.3 is 15.4 Å². The highest BCUT2D eigenvalue weighted by Gasteiger charge is 2.23. The minimum absolute atomic E-state index is 0. The molecule has 1 aliphatic rings. The zero-order valence-corrected chi connectivity index (χ0v) is 19.3. The van der Waals surface area contributed by atoms with E-state index in [1.165, 1.54) is 6.07 Å². The maximum atomic E-state index is 13.8. The van der Waals surface area contributed by atoms with Gasteiger partial charge >= 0.3 is 0 Å². The van der Waals surface area contributed by atoms with Gasteiger partial charge in [-0.2, -0.15) is 0 Å². The highest BCUT2D eigenvalue weighted by molar-refractivity contribution is 14.0. The summed E-state index contributed by atoms with van der Waals surface area (Å²) in [6.07, 6.45) is 0.394. The first-order chi connectivity index (χ1) is 13.0. The van der Waals surface area contributed by atoms with E-state index in [9.17, 15) is 8.78 Å². The van der Waals surface area contributed by atoms with Crippen LogP contribution < -0.4 is 10.6 Å². The Morgan fingerprint density at radius 2 is 1.93 bits per heavy atom. The van der Waals surface area contributed by atoms with Gasteiger partial charge in [-0.25, -0.2) is 8.78 Å². The number of ether oxygens (including phenoxy) is 1. The van der Waals surface area contributed by atoms with Crippen LogP contribution in [0, 0.1) is 17.6 Å². The van der Waals surface area contributed by atoms with Crippen molar-refractivity contribution >= 4 is 29.9 Å². The topological polar surface area (TPSA) is 48.9 Å². The molecule has 160 valence electrons. The van der Waals surface area contributed by atoms with Crippen molar-refractivity contribution in [1.29, 1.82) is 0 Å². The van der Waals surface area contributed by atoms with Gasteiger partial charge in [0.05, 0.1) is 19.8 Å². The van der Waals surface area contributed by atoms with Gasteiger partial charge in [-0.05, 0) is 30.9 Å². The maximum absolute atomic E-state index is 13.8. The average molecular weight is 510 g/mol. The second-order valence-corrected chi connectivity index (χ2v) is 7.07. The van der Waals surface area contributed by atoms with E-state index in [-0.39, 0.29) is 24.0 Å². The highest BCUT2D eigenvalue weighted by atomic mass is 127. The monoisotopic (exact) mass is 510 g/mol.